The molecule has 3 rings (SSSR count). The predicted octanol–water partition coefficient (Wildman–Crippen LogP) is 2.93. The number of nitrogens with zero attached hydrogens (tertiary/aromatic N) is 2. The highest BCUT2D eigenvalue weighted by molar-refractivity contribution is 8.15. The summed E-state index contributed by atoms with van der Waals surface area (Å²) in [4.78, 5) is 46.9. The van der Waals surface area contributed by atoms with E-state index in [0.29, 0.717) is 11.3 Å². The summed E-state index contributed by atoms with van der Waals surface area (Å²) in [7, 11) is 0. The lowest BCUT2D eigenvalue weighted by molar-refractivity contribution is -0.384. The lowest BCUT2D eigenvalue weighted by atomic mass is 10.2. The molecule has 1 fully saturated rings. The van der Waals surface area contributed by atoms with Crippen LogP contribution in [0.1, 0.15) is 15.9 Å². The van der Waals surface area contributed by atoms with Crippen molar-refractivity contribution in [1.29, 1.82) is 0 Å². The van der Waals surface area contributed by atoms with Gasteiger partial charge in [-0.15, -0.1) is 0 Å². The molecule has 2 amide bonds. The van der Waals surface area contributed by atoms with Gasteiger partial charge >= 0.3 is 5.97 Å². The Hall–Kier alpha value is -3.40. The van der Waals surface area contributed by atoms with Crippen molar-refractivity contribution in [2.45, 2.75) is 11.9 Å². The number of nitro benzene ring substituents is 1. The van der Waals surface area contributed by atoms with Gasteiger partial charge in [-0.05, 0) is 35.5 Å². The summed E-state index contributed by atoms with van der Waals surface area (Å²) in [5, 5.41) is 21.2. The summed E-state index contributed by atoms with van der Waals surface area (Å²) in [5.41, 5.74) is 0.969. The van der Waals surface area contributed by atoms with Crippen molar-refractivity contribution in [2.75, 3.05) is 5.32 Å². The van der Waals surface area contributed by atoms with Crippen molar-refractivity contribution in [3.05, 3.63) is 69.8 Å². The molecule has 2 aromatic carbocycles. The quantitative estimate of drug-likeness (QED) is 0.571. The van der Waals surface area contributed by atoms with Crippen LogP contribution in [-0.2, 0) is 11.3 Å². The first-order valence-electron chi connectivity index (χ1n) is 7.70. The van der Waals surface area contributed by atoms with E-state index in [2.05, 4.69) is 5.32 Å². The first-order valence-corrected chi connectivity index (χ1v) is 8.58. The zero-order chi connectivity index (χ0) is 19.6. The van der Waals surface area contributed by atoms with Gasteiger partial charge in [0.15, 0.2) is 5.37 Å². The number of non-ortho nitro benzene ring substituents is 1. The number of amides is 2. The lowest BCUT2D eigenvalue weighted by Crippen LogP contribution is -2.33. The first kappa shape index (κ1) is 18.4. The summed E-state index contributed by atoms with van der Waals surface area (Å²) in [6.45, 7) is -0.00396. The maximum absolute atomic E-state index is 12.5. The number of rotatable bonds is 6. The largest absolute Gasteiger partial charge is 0.478 e. The summed E-state index contributed by atoms with van der Waals surface area (Å²) in [6.07, 6.45) is 0. The molecule has 2 aromatic rings. The average Bonchev–Trinajstić information content (AvgIpc) is 2.90. The van der Waals surface area contributed by atoms with E-state index in [4.69, 9.17) is 5.11 Å². The number of hydrogen-bond donors (Lipinski definition) is 2. The molecule has 0 aromatic heterocycles. The third-order valence-corrected chi connectivity index (χ3v) is 4.80. The number of hydrogen-bond acceptors (Lipinski definition) is 7. The van der Waals surface area contributed by atoms with Gasteiger partial charge in [0.1, 0.15) is 0 Å². The number of carbonyl (C=O) groups excluding carboxylic acids is 2. The number of carboxylic acid groups (broad SMARTS) is 1. The van der Waals surface area contributed by atoms with Crippen molar-refractivity contribution in [2.24, 2.45) is 0 Å². The lowest BCUT2D eigenvalue weighted by Gasteiger charge is -2.15. The second kappa shape index (κ2) is 7.46. The third-order valence-electron chi connectivity index (χ3n) is 3.82. The van der Waals surface area contributed by atoms with Crippen LogP contribution in [-0.4, -0.2) is 37.4 Å². The molecule has 10 heteroatoms. The molecule has 27 heavy (non-hydrogen) atoms. The third kappa shape index (κ3) is 4.06. The molecule has 1 unspecified atom stereocenters. The van der Waals surface area contributed by atoms with Crippen molar-refractivity contribution < 1.29 is 24.4 Å². The number of nitro groups is 1. The second-order valence-electron chi connectivity index (χ2n) is 5.64. The highest BCUT2D eigenvalue weighted by Gasteiger charge is 2.39. The van der Waals surface area contributed by atoms with Crippen molar-refractivity contribution in [1.82, 2.24) is 4.90 Å². The molecular weight excluding hydrogens is 374 g/mol. The van der Waals surface area contributed by atoms with Gasteiger partial charge in [-0.3, -0.25) is 24.6 Å². The fourth-order valence-electron chi connectivity index (χ4n) is 2.48. The standard InChI is InChI=1S/C17H13N3O6S/c21-15-14(18-12-3-1-2-11(8-12)16(22)23)27-17(24)19(15)9-10-4-6-13(7-5-10)20(25)26/h1-8,14,18H,9H2,(H,22,23). The summed E-state index contributed by atoms with van der Waals surface area (Å²) >= 11 is 0.789. The smallest absolute Gasteiger partial charge is 0.335 e. The molecule has 1 aliphatic heterocycles. The Labute approximate surface area is 157 Å². The maximum atomic E-state index is 12.5. The number of benzene rings is 2. The molecule has 0 bridgehead atoms. The molecule has 1 saturated heterocycles. The minimum Gasteiger partial charge on any atom is -0.478 e. The van der Waals surface area contributed by atoms with Crippen LogP contribution >= 0.6 is 11.8 Å². The SMILES string of the molecule is O=C(O)c1cccc(NC2SC(=O)N(Cc3ccc([N+](=O)[O-])cc3)C2=O)c1. The maximum Gasteiger partial charge on any atom is 0.335 e. The first-order chi connectivity index (χ1) is 12.8. The number of aromatic carboxylic acids is 1. The van der Waals surface area contributed by atoms with Crippen LogP contribution in [0, 0.1) is 10.1 Å². The van der Waals surface area contributed by atoms with Gasteiger partial charge in [-0.1, -0.05) is 18.2 Å². The van der Waals surface area contributed by atoms with Crippen LogP contribution in [0.5, 0.6) is 0 Å². The van der Waals surface area contributed by atoms with Crippen molar-refractivity contribution in [3.8, 4) is 0 Å². The molecule has 1 atom stereocenters. The van der Waals surface area contributed by atoms with Crippen LogP contribution in [0.4, 0.5) is 16.2 Å². The number of imide groups is 1. The predicted molar refractivity (Wildman–Crippen MR) is 97.4 cm³/mol. The van der Waals surface area contributed by atoms with Crippen LogP contribution in [0.25, 0.3) is 0 Å². The van der Waals surface area contributed by atoms with Gasteiger partial charge in [-0.25, -0.2) is 4.79 Å². The molecule has 0 saturated carbocycles. The average molecular weight is 387 g/mol. The van der Waals surface area contributed by atoms with E-state index in [9.17, 15) is 24.5 Å². The van der Waals surface area contributed by atoms with E-state index in [1.54, 1.807) is 6.07 Å². The van der Waals surface area contributed by atoms with Crippen LogP contribution in [0.2, 0.25) is 0 Å². The van der Waals surface area contributed by atoms with E-state index in [-0.39, 0.29) is 17.8 Å². The Kier molecular flexibility index (Phi) is 5.08. The Balaban J connectivity index is 1.70. The van der Waals surface area contributed by atoms with Gasteiger partial charge in [-0.2, -0.15) is 0 Å². The fraction of sp³-hybridized carbons (Fsp3) is 0.118. The van der Waals surface area contributed by atoms with Gasteiger partial charge in [0.25, 0.3) is 16.8 Å². The van der Waals surface area contributed by atoms with Crippen molar-refractivity contribution >= 4 is 40.3 Å². The topological polar surface area (TPSA) is 130 Å². The zero-order valence-electron chi connectivity index (χ0n) is 13.7. The minimum atomic E-state index is -1.10. The number of carbonyl (C=O) groups is 3. The van der Waals surface area contributed by atoms with E-state index < -0.39 is 27.4 Å². The van der Waals surface area contributed by atoms with Crippen molar-refractivity contribution in [3.63, 3.8) is 0 Å². The zero-order valence-corrected chi connectivity index (χ0v) is 14.5. The van der Waals surface area contributed by atoms with E-state index in [0.717, 1.165) is 16.7 Å². The molecule has 0 aliphatic carbocycles. The van der Waals surface area contributed by atoms with Gasteiger partial charge < -0.3 is 10.4 Å². The van der Waals surface area contributed by atoms with Gasteiger partial charge in [0.2, 0.25) is 0 Å². The monoisotopic (exact) mass is 387 g/mol. The molecule has 1 heterocycles. The Morgan fingerprint density at radius 2 is 1.93 bits per heavy atom. The van der Waals surface area contributed by atoms with Gasteiger partial charge in [0.05, 0.1) is 17.0 Å². The summed E-state index contributed by atoms with van der Waals surface area (Å²) in [5.74, 6) is -1.57. The Bertz CT molecular complexity index is 931. The van der Waals surface area contributed by atoms with Crippen LogP contribution < -0.4 is 5.32 Å². The number of nitrogens with one attached hydrogen (secondary N) is 1. The summed E-state index contributed by atoms with van der Waals surface area (Å²) in [6, 6.07) is 11.5. The number of anilines is 1. The molecular formula is C17H13N3O6S. The molecule has 1 aliphatic rings. The molecule has 138 valence electrons. The van der Waals surface area contributed by atoms with Crippen LogP contribution in [0.15, 0.2) is 48.5 Å². The van der Waals surface area contributed by atoms with E-state index in [1.165, 1.54) is 42.5 Å². The normalized spacial score (nSPS) is 16.4. The Morgan fingerprint density at radius 3 is 2.56 bits per heavy atom. The van der Waals surface area contributed by atoms with Crippen LogP contribution in [0.3, 0.4) is 0 Å². The Morgan fingerprint density at radius 1 is 1.22 bits per heavy atom. The molecule has 0 spiro atoms. The summed E-state index contributed by atoms with van der Waals surface area (Å²) < 4.78 is 0. The minimum absolute atomic E-state index is 0.00396. The molecule has 2 N–H and O–H groups in total. The number of carboxylic acids is 1. The highest BCUT2D eigenvalue weighted by Crippen LogP contribution is 2.30. The van der Waals surface area contributed by atoms with E-state index >= 15 is 0 Å². The second-order valence-corrected chi connectivity index (χ2v) is 6.70. The fourth-order valence-corrected chi connectivity index (χ4v) is 3.39. The highest BCUT2D eigenvalue weighted by atomic mass is 32.2. The van der Waals surface area contributed by atoms with E-state index in [1.807, 2.05) is 0 Å². The molecule has 9 nitrogen and oxygen atoms in total. The number of thioether (sulfide) groups is 1. The molecule has 0 radical (unpaired) electrons. The van der Waals surface area contributed by atoms with Gasteiger partial charge in [0, 0.05) is 17.8 Å².